The number of hydrogen-bond acceptors (Lipinski definition) is 6. The van der Waals surface area contributed by atoms with Crippen molar-refractivity contribution in [2.75, 3.05) is 18.4 Å². The number of benzene rings is 1. The van der Waals surface area contributed by atoms with Crippen molar-refractivity contribution in [1.82, 2.24) is 9.88 Å². The minimum Gasteiger partial charge on any atom is -0.350 e. The molecule has 134 valence electrons. The minimum atomic E-state index is -3.76. The van der Waals surface area contributed by atoms with Gasteiger partial charge in [-0.3, -0.25) is 4.79 Å². The summed E-state index contributed by atoms with van der Waals surface area (Å²) in [5, 5.41) is 8.48. The van der Waals surface area contributed by atoms with Gasteiger partial charge in [0.15, 0.2) is 9.34 Å². The second kappa shape index (κ2) is 7.51. The summed E-state index contributed by atoms with van der Waals surface area (Å²) in [4.78, 5) is 18.3. The molecule has 1 saturated heterocycles. The molecular formula is C16H20N4O3S2. The first-order chi connectivity index (χ1) is 11.9. The predicted molar refractivity (Wildman–Crippen MR) is 96.9 cm³/mol. The van der Waals surface area contributed by atoms with E-state index in [1.165, 1.54) is 11.8 Å². The number of hydrogen-bond donors (Lipinski definition) is 2. The lowest BCUT2D eigenvalue weighted by Gasteiger charge is -2.16. The Labute approximate surface area is 150 Å². The van der Waals surface area contributed by atoms with Crippen molar-refractivity contribution in [2.24, 2.45) is 5.14 Å². The van der Waals surface area contributed by atoms with Gasteiger partial charge in [0, 0.05) is 13.1 Å². The maximum absolute atomic E-state index is 12.5. The van der Waals surface area contributed by atoms with Crippen molar-refractivity contribution in [3.8, 4) is 0 Å². The molecule has 1 aromatic heterocycles. The molecule has 1 fully saturated rings. The number of rotatable bonds is 7. The number of anilines is 1. The van der Waals surface area contributed by atoms with Gasteiger partial charge in [0.2, 0.25) is 15.9 Å². The molecule has 3 rings (SSSR count). The highest BCUT2D eigenvalue weighted by Crippen LogP contribution is 2.24. The number of primary sulfonamides is 1. The molecule has 1 atom stereocenters. The zero-order chi connectivity index (χ0) is 17.9. The number of likely N-dealkylation sites (tertiary alicyclic amines) is 1. The quantitative estimate of drug-likeness (QED) is 0.756. The van der Waals surface area contributed by atoms with Crippen LogP contribution in [0.4, 0.5) is 5.13 Å². The Morgan fingerprint density at radius 1 is 1.32 bits per heavy atom. The smallest absolute Gasteiger partial charge is 0.249 e. The normalized spacial score (nSPS) is 17.9. The number of carbonyl (C=O) groups excluding carboxylic acids is 1. The summed E-state index contributed by atoms with van der Waals surface area (Å²) < 4.78 is 22.5. The molecule has 0 bridgehead atoms. The molecule has 0 radical (unpaired) electrons. The first-order valence-corrected chi connectivity index (χ1v) is 10.4. The fourth-order valence-corrected chi connectivity index (χ4v) is 4.32. The molecule has 7 nitrogen and oxygen atoms in total. The SMILES string of the molecule is NS(=O)(=O)c1cnc(NC2CCN(CCCc3ccccc3)C2=O)s1. The maximum Gasteiger partial charge on any atom is 0.249 e. The van der Waals surface area contributed by atoms with E-state index in [0.29, 0.717) is 24.6 Å². The summed E-state index contributed by atoms with van der Waals surface area (Å²) in [6.45, 7) is 1.41. The highest BCUT2D eigenvalue weighted by Gasteiger charge is 2.31. The van der Waals surface area contributed by atoms with Gasteiger partial charge >= 0.3 is 0 Å². The molecule has 9 heteroatoms. The lowest BCUT2D eigenvalue weighted by molar-refractivity contribution is -0.128. The van der Waals surface area contributed by atoms with E-state index in [1.54, 1.807) is 0 Å². The molecule has 1 aliphatic heterocycles. The molecule has 1 unspecified atom stereocenters. The van der Waals surface area contributed by atoms with Crippen LogP contribution in [-0.4, -0.2) is 43.3 Å². The van der Waals surface area contributed by atoms with Crippen molar-refractivity contribution in [2.45, 2.75) is 29.5 Å². The van der Waals surface area contributed by atoms with Crippen LogP contribution in [0.25, 0.3) is 0 Å². The maximum atomic E-state index is 12.5. The minimum absolute atomic E-state index is 0.0137. The molecule has 2 heterocycles. The molecule has 0 spiro atoms. The van der Waals surface area contributed by atoms with E-state index < -0.39 is 10.0 Å². The lowest BCUT2D eigenvalue weighted by atomic mass is 10.1. The molecule has 0 saturated carbocycles. The molecule has 0 aliphatic carbocycles. The number of sulfonamides is 1. The van der Waals surface area contributed by atoms with E-state index in [4.69, 9.17) is 5.14 Å². The second-order valence-corrected chi connectivity index (χ2v) is 8.75. The summed E-state index contributed by atoms with van der Waals surface area (Å²) in [6, 6.07) is 9.82. The van der Waals surface area contributed by atoms with Gasteiger partial charge in [-0.05, 0) is 24.8 Å². The third-order valence-corrected chi connectivity index (χ3v) is 6.43. The van der Waals surface area contributed by atoms with Crippen molar-refractivity contribution in [1.29, 1.82) is 0 Å². The Hall–Kier alpha value is -1.97. The van der Waals surface area contributed by atoms with Crippen LogP contribution in [0, 0.1) is 0 Å². The van der Waals surface area contributed by atoms with Gasteiger partial charge < -0.3 is 10.2 Å². The van der Waals surface area contributed by atoms with Crippen LogP contribution in [0.5, 0.6) is 0 Å². The van der Waals surface area contributed by atoms with Crippen LogP contribution in [0.2, 0.25) is 0 Å². The zero-order valence-electron chi connectivity index (χ0n) is 13.6. The Bertz CT molecular complexity index is 836. The number of thiazole rings is 1. The summed E-state index contributed by atoms with van der Waals surface area (Å²) in [5.41, 5.74) is 1.27. The molecule has 1 aromatic carbocycles. The van der Waals surface area contributed by atoms with Crippen molar-refractivity contribution < 1.29 is 13.2 Å². The van der Waals surface area contributed by atoms with Gasteiger partial charge in [0.1, 0.15) is 6.04 Å². The molecule has 2 aromatic rings. The summed E-state index contributed by atoms with van der Waals surface area (Å²) in [7, 11) is -3.76. The summed E-state index contributed by atoms with van der Waals surface area (Å²) >= 11 is 0.939. The van der Waals surface area contributed by atoms with Crippen LogP contribution >= 0.6 is 11.3 Å². The van der Waals surface area contributed by atoms with E-state index in [0.717, 1.165) is 24.2 Å². The van der Waals surface area contributed by atoms with Crippen molar-refractivity contribution in [3.05, 3.63) is 42.1 Å². The van der Waals surface area contributed by atoms with Crippen LogP contribution < -0.4 is 10.5 Å². The molecule has 3 N–H and O–H groups in total. The van der Waals surface area contributed by atoms with Gasteiger partial charge in [-0.15, -0.1) is 0 Å². The Balaban J connectivity index is 1.50. The van der Waals surface area contributed by atoms with E-state index in [2.05, 4.69) is 22.4 Å². The fourth-order valence-electron chi connectivity index (χ4n) is 2.82. The van der Waals surface area contributed by atoms with E-state index in [-0.39, 0.29) is 16.2 Å². The third-order valence-electron chi connectivity index (χ3n) is 4.10. The zero-order valence-corrected chi connectivity index (χ0v) is 15.2. The van der Waals surface area contributed by atoms with Crippen molar-refractivity contribution in [3.63, 3.8) is 0 Å². The van der Waals surface area contributed by atoms with Crippen LogP contribution in [0.1, 0.15) is 18.4 Å². The first-order valence-electron chi connectivity index (χ1n) is 8.01. The molecule has 1 aliphatic rings. The summed E-state index contributed by atoms with van der Waals surface area (Å²) in [5.74, 6) is 0.0282. The Morgan fingerprint density at radius 3 is 2.76 bits per heavy atom. The number of aryl methyl sites for hydroxylation is 1. The Kier molecular flexibility index (Phi) is 5.36. The number of nitrogens with zero attached hydrogens (tertiary/aromatic N) is 2. The topological polar surface area (TPSA) is 105 Å². The third kappa shape index (κ3) is 4.56. The van der Waals surface area contributed by atoms with E-state index in [1.807, 2.05) is 23.1 Å². The average molecular weight is 380 g/mol. The van der Waals surface area contributed by atoms with Crippen LogP contribution in [0.15, 0.2) is 40.7 Å². The summed E-state index contributed by atoms with van der Waals surface area (Å²) in [6.07, 6.45) is 3.73. The highest BCUT2D eigenvalue weighted by atomic mass is 32.2. The van der Waals surface area contributed by atoms with Gasteiger partial charge in [-0.1, -0.05) is 41.7 Å². The van der Waals surface area contributed by atoms with E-state index in [9.17, 15) is 13.2 Å². The van der Waals surface area contributed by atoms with Crippen LogP contribution in [0.3, 0.4) is 0 Å². The second-order valence-electron chi connectivity index (χ2n) is 5.93. The predicted octanol–water partition coefficient (Wildman–Crippen LogP) is 1.44. The number of aromatic nitrogens is 1. The van der Waals surface area contributed by atoms with Gasteiger partial charge in [-0.2, -0.15) is 0 Å². The average Bonchev–Trinajstić information content (AvgIpc) is 3.18. The Morgan fingerprint density at radius 2 is 2.08 bits per heavy atom. The van der Waals surface area contributed by atoms with Gasteiger partial charge in [-0.25, -0.2) is 18.5 Å². The molecule has 25 heavy (non-hydrogen) atoms. The van der Waals surface area contributed by atoms with Gasteiger partial charge in [0.05, 0.1) is 6.20 Å². The number of nitrogens with two attached hydrogens (primary N) is 1. The fraction of sp³-hybridized carbons (Fsp3) is 0.375. The largest absolute Gasteiger partial charge is 0.350 e. The van der Waals surface area contributed by atoms with E-state index >= 15 is 0 Å². The monoisotopic (exact) mass is 380 g/mol. The lowest BCUT2D eigenvalue weighted by Crippen LogP contribution is -2.34. The molecular weight excluding hydrogens is 360 g/mol. The van der Waals surface area contributed by atoms with Crippen molar-refractivity contribution >= 4 is 32.4 Å². The number of amides is 1. The standard InChI is InChI=1S/C16H20N4O3S2/c17-25(22,23)14-11-18-16(24-14)19-13-8-10-20(15(13)21)9-4-7-12-5-2-1-3-6-12/h1-3,5-6,11,13H,4,7-10H2,(H,18,19)(H2,17,22,23). The highest BCUT2D eigenvalue weighted by molar-refractivity contribution is 7.91. The van der Waals surface area contributed by atoms with Gasteiger partial charge in [0.25, 0.3) is 0 Å². The van der Waals surface area contributed by atoms with Crippen LogP contribution in [-0.2, 0) is 21.2 Å². The number of carbonyl (C=O) groups is 1. The first kappa shape index (κ1) is 17.8. The molecule has 1 amide bonds. The number of nitrogens with one attached hydrogen (secondary N) is 1.